The van der Waals surface area contributed by atoms with Gasteiger partial charge in [0, 0.05) is 16.9 Å². The van der Waals surface area contributed by atoms with Gasteiger partial charge in [-0.2, -0.15) is 0 Å². The molecule has 1 aromatic heterocycles. The number of aromatic nitrogens is 1. The summed E-state index contributed by atoms with van der Waals surface area (Å²) in [7, 11) is 1.89. The maximum atomic E-state index is 6.20. The van der Waals surface area contributed by atoms with Crippen LogP contribution in [-0.4, -0.2) is 12.0 Å². The normalized spacial score (nSPS) is 10.8. The van der Waals surface area contributed by atoms with E-state index >= 15 is 0 Å². The molecule has 2 rings (SSSR count). The van der Waals surface area contributed by atoms with E-state index in [0.717, 1.165) is 34.0 Å². The molecule has 0 amide bonds. The number of rotatable bonds is 3. The van der Waals surface area contributed by atoms with E-state index in [1.54, 1.807) is 0 Å². The second-order valence-corrected chi connectivity index (χ2v) is 5.28. The lowest BCUT2D eigenvalue weighted by Gasteiger charge is -2.10. The van der Waals surface area contributed by atoms with E-state index in [4.69, 9.17) is 11.6 Å². The predicted octanol–water partition coefficient (Wildman–Crippen LogP) is 4.64. The van der Waals surface area contributed by atoms with Crippen molar-refractivity contribution in [2.75, 3.05) is 12.4 Å². The Kier molecular flexibility index (Phi) is 3.89. The van der Waals surface area contributed by atoms with Gasteiger partial charge in [0.2, 0.25) is 0 Å². The summed E-state index contributed by atoms with van der Waals surface area (Å²) in [5.74, 6) is 0.920. The van der Waals surface area contributed by atoms with Gasteiger partial charge in [0.05, 0.1) is 10.5 Å². The Morgan fingerprint density at radius 1 is 1.35 bits per heavy atom. The van der Waals surface area contributed by atoms with E-state index < -0.39 is 0 Å². The van der Waals surface area contributed by atoms with Crippen LogP contribution in [0.1, 0.15) is 18.9 Å². The number of benzene rings is 1. The number of halogens is 2. The van der Waals surface area contributed by atoms with E-state index in [-0.39, 0.29) is 0 Å². The Morgan fingerprint density at radius 3 is 2.76 bits per heavy atom. The lowest BCUT2D eigenvalue weighted by Crippen LogP contribution is -1.99. The van der Waals surface area contributed by atoms with Gasteiger partial charge in [-0.3, -0.25) is 0 Å². The van der Waals surface area contributed by atoms with Gasteiger partial charge >= 0.3 is 0 Å². The quantitative estimate of drug-likeness (QED) is 0.892. The van der Waals surface area contributed by atoms with Gasteiger partial charge in [0.25, 0.3) is 0 Å². The van der Waals surface area contributed by atoms with Crippen LogP contribution in [0.2, 0.25) is 5.02 Å². The molecule has 0 aliphatic rings. The molecule has 90 valence electrons. The fourth-order valence-corrected chi connectivity index (χ4v) is 2.81. The highest BCUT2D eigenvalue weighted by atomic mass is 79.9. The van der Waals surface area contributed by atoms with Crippen molar-refractivity contribution in [2.45, 2.75) is 19.8 Å². The smallest absolute Gasteiger partial charge is 0.129 e. The summed E-state index contributed by atoms with van der Waals surface area (Å²) in [6, 6.07) is 6.08. The maximum Gasteiger partial charge on any atom is 0.129 e. The zero-order valence-corrected chi connectivity index (χ0v) is 12.2. The molecule has 1 aromatic carbocycles. The minimum absolute atomic E-state index is 0.675. The number of fused-ring (bicyclic) bond motifs is 1. The summed E-state index contributed by atoms with van der Waals surface area (Å²) in [6.07, 6.45) is 2.12. The van der Waals surface area contributed by atoms with Crippen molar-refractivity contribution in [1.29, 1.82) is 0 Å². The third-order valence-electron chi connectivity index (χ3n) is 2.67. The van der Waals surface area contributed by atoms with E-state index in [0.29, 0.717) is 5.02 Å². The van der Waals surface area contributed by atoms with Crippen molar-refractivity contribution in [1.82, 2.24) is 4.98 Å². The number of hydrogen-bond acceptors (Lipinski definition) is 2. The SMILES string of the molecule is CCCc1cc2cc(Br)cc(Cl)c2nc1NC. The molecule has 1 N–H and O–H groups in total. The van der Waals surface area contributed by atoms with E-state index in [2.05, 4.69) is 39.2 Å². The summed E-state index contributed by atoms with van der Waals surface area (Å²) < 4.78 is 0.983. The summed E-state index contributed by atoms with van der Waals surface area (Å²) in [4.78, 5) is 4.59. The Labute approximate surface area is 115 Å². The molecule has 0 saturated heterocycles. The molecule has 17 heavy (non-hydrogen) atoms. The van der Waals surface area contributed by atoms with Crippen LogP contribution in [-0.2, 0) is 6.42 Å². The second kappa shape index (κ2) is 5.23. The first-order valence-electron chi connectivity index (χ1n) is 5.62. The second-order valence-electron chi connectivity index (χ2n) is 3.96. The van der Waals surface area contributed by atoms with Crippen molar-refractivity contribution in [2.24, 2.45) is 0 Å². The molecule has 4 heteroatoms. The van der Waals surface area contributed by atoms with Crippen LogP contribution in [0.3, 0.4) is 0 Å². The number of pyridine rings is 1. The van der Waals surface area contributed by atoms with Gasteiger partial charge < -0.3 is 5.32 Å². The minimum atomic E-state index is 0.675. The molecule has 0 aliphatic carbocycles. The molecule has 0 fully saturated rings. The number of nitrogens with one attached hydrogen (secondary N) is 1. The number of nitrogens with zero attached hydrogens (tertiary/aromatic N) is 1. The Bertz CT molecular complexity index is 555. The predicted molar refractivity (Wildman–Crippen MR) is 78.0 cm³/mol. The number of anilines is 1. The van der Waals surface area contributed by atoms with E-state index in [9.17, 15) is 0 Å². The first-order chi connectivity index (χ1) is 8.15. The summed E-state index contributed by atoms with van der Waals surface area (Å²) in [5.41, 5.74) is 2.08. The van der Waals surface area contributed by atoms with Gasteiger partial charge in [-0.05, 0) is 30.2 Å². The zero-order chi connectivity index (χ0) is 12.4. The first kappa shape index (κ1) is 12.7. The molecule has 2 aromatic rings. The average Bonchev–Trinajstić information content (AvgIpc) is 2.28. The summed E-state index contributed by atoms with van der Waals surface area (Å²) >= 11 is 9.65. The summed E-state index contributed by atoms with van der Waals surface area (Å²) in [5, 5.41) is 4.88. The molecular weight excluding hydrogens is 300 g/mol. The van der Waals surface area contributed by atoms with Crippen molar-refractivity contribution in [3.8, 4) is 0 Å². The van der Waals surface area contributed by atoms with Gasteiger partial charge in [-0.1, -0.05) is 40.9 Å². The van der Waals surface area contributed by atoms with E-state index in [1.807, 2.05) is 19.2 Å². The maximum absolute atomic E-state index is 6.20. The molecule has 1 heterocycles. The Morgan fingerprint density at radius 2 is 2.12 bits per heavy atom. The third-order valence-corrected chi connectivity index (χ3v) is 3.42. The summed E-state index contributed by atoms with van der Waals surface area (Å²) in [6.45, 7) is 2.16. The van der Waals surface area contributed by atoms with Crippen LogP contribution >= 0.6 is 27.5 Å². The van der Waals surface area contributed by atoms with Gasteiger partial charge in [0.1, 0.15) is 5.82 Å². The van der Waals surface area contributed by atoms with Crippen LogP contribution in [0.25, 0.3) is 10.9 Å². The van der Waals surface area contributed by atoms with Crippen molar-refractivity contribution in [3.63, 3.8) is 0 Å². The fourth-order valence-electron chi connectivity index (χ4n) is 1.93. The van der Waals surface area contributed by atoms with Crippen molar-refractivity contribution < 1.29 is 0 Å². The van der Waals surface area contributed by atoms with Crippen LogP contribution in [0.5, 0.6) is 0 Å². The highest BCUT2D eigenvalue weighted by Crippen LogP contribution is 2.30. The monoisotopic (exact) mass is 312 g/mol. The number of aryl methyl sites for hydroxylation is 1. The van der Waals surface area contributed by atoms with Crippen LogP contribution < -0.4 is 5.32 Å². The van der Waals surface area contributed by atoms with E-state index in [1.165, 1.54) is 5.56 Å². The molecule has 0 atom stereocenters. The molecule has 0 saturated carbocycles. The highest BCUT2D eigenvalue weighted by molar-refractivity contribution is 9.10. The fraction of sp³-hybridized carbons (Fsp3) is 0.308. The lowest BCUT2D eigenvalue weighted by molar-refractivity contribution is 0.919. The molecule has 2 nitrogen and oxygen atoms in total. The van der Waals surface area contributed by atoms with Gasteiger partial charge in [-0.25, -0.2) is 4.98 Å². The molecule has 0 aliphatic heterocycles. The zero-order valence-electron chi connectivity index (χ0n) is 9.85. The topological polar surface area (TPSA) is 24.9 Å². The Balaban J connectivity index is 2.69. The van der Waals surface area contributed by atoms with Crippen molar-refractivity contribution >= 4 is 44.3 Å². The molecular formula is C13H14BrClN2. The number of hydrogen-bond donors (Lipinski definition) is 1. The molecule has 0 bridgehead atoms. The Hall–Kier alpha value is -0.800. The van der Waals surface area contributed by atoms with Gasteiger partial charge in [0.15, 0.2) is 0 Å². The van der Waals surface area contributed by atoms with Crippen LogP contribution in [0.15, 0.2) is 22.7 Å². The third kappa shape index (κ3) is 2.55. The van der Waals surface area contributed by atoms with Crippen LogP contribution in [0, 0.1) is 0 Å². The largest absolute Gasteiger partial charge is 0.373 e. The average molecular weight is 314 g/mol. The molecule has 0 unspecified atom stereocenters. The lowest BCUT2D eigenvalue weighted by atomic mass is 10.1. The highest BCUT2D eigenvalue weighted by Gasteiger charge is 2.08. The van der Waals surface area contributed by atoms with Crippen LogP contribution in [0.4, 0.5) is 5.82 Å². The molecule has 0 radical (unpaired) electrons. The van der Waals surface area contributed by atoms with Gasteiger partial charge in [-0.15, -0.1) is 0 Å². The first-order valence-corrected chi connectivity index (χ1v) is 6.79. The molecule has 0 spiro atoms. The minimum Gasteiger partial charge on any atom is -0.373 e. The standard InChI is InChI=1S/C13H14BrClN2/c1-3-4-8-5-9-6-10(14)7-11(15)12(9)17-13(8)16-2/h5-7H,3-4H2,1-2H3,(H,16,17). The van der Waals surface area contributed by atoms with Crippen molar-refractivity contribution in [3.05, 3.63) is 33.3 Å².